The van der Waals surface area contributed by atoms with E-state index >= 15 is 0 Å². The third kappa shape index (κ3) is 4.25. The normalized spacial score (nSPS) is 16.9. The van der Waals surface area contributed by atoms with Crippen molar-refractivity contribution in [3.05, 3.63) is 48.5 Å². The van der Waals surface area contributed by atoms with Crippen molar-refractivity contribution in [1.82, 2.24) is 0 Å². The first-order valence-electron chi connectivity index (χ1n) is 8.41. The summed E-state index contributed by atoms with van der Waals surface area (Å²) in [6.07, 6.45) is 2.31. The van der Waals surface area contributed by atoms with E-state index in [-0.39, 0.29) is 11.0 Å². The number of ether oxygens (including phenoxy) is 2. The van der Waals surface area contributed by atoms with Crippen molar-refractivity contribution in [2.45, 2.75) is 24.3 Å². The van der Waals surface area contributed by atoms with Gasteiger partial charge in [-0.05, 0) is 36.8 Å². The minimum atomic E-state index is -3.23. The van der Waals surface area contributed by atoms with Gasteiger partial charge in [-0.25, -0.2) is 8.42 Å². The summed E-state index contributed by atoms with van der Waals surface area (Å²) in [5.74, 6) is 1.47. The maximum absolute atomic E-state index is 11.6. The number of fused-ring (bicyclic) bond motifs is 1. The molecule has 0 aliphatic carbocycles. The summed E-state index contributed by atoms with van der Waals surface area (Å²) >= 11 is 0. The lowest BCUT2D eigenvalue weighted by Crippen LogP contribution is -2.41. The van der Waals surface area contributed by atoms with Crippen LogP contribution in [0.25, 0.3) is 0 Å². The molecule has 1 aliphatic heterocycles. The maximum atomic E-state index is 11.6. The van der Waals surface area contributed by atoms with Crippen LogP contribution >= 0.6 is 0 Å². The van der Waals surface area contributed by atoms with Crippen LogP contribution < -0.4 is 14.4 Å². The fourth-order valence-electron chi connectivity index (χ4n) is 2.87. The minimum absolute atomic E-state index is 0.170. The Labute approximate surface area is 149 Å². The van der Waals surface area contributed by atoms with Gasteiger partial charge in [0.05, 0.1) is 23.7 Å². The number of benzene rings is 2. The van der Waals surface area contributed by atoms with Crippen molar-refractivity contribution in [3.63, 3.8) is 0 Å². The number of anilines is 1. The standard InChI is InChI=1S/C19H23NO4S/c1-3-15-14-20(18-9-4-5-10-19(18)24-15)11-12-23-16-7-6-8-17(13-16)25(2,21)22/h4-10,13,15H,3,11-12,14H2,1-2H3. The highest BCUT2D eigenvalue weighted by Gasteiger charge is 2.24. The number of hydrogen-bond donors (Lipinski definition) is 0. The van der Waals surface area contributed by atoms with E-state index < -0.39 is 9.84 Å². The topological polar surface area (TPSA) is 55.8 Å². The average molecular weight is 361 g/mol. The zero-order valence-electron chi connectivity index (χ0n) is 14.5. The highest BCUT2D eigenvalue weighted by molar-refractivity contribution is 7.90. The first-order valence-corrected chi connectivity index (χ1v) is 10.3. The molecule has 0 N–H and O–H groups in total. The van der Waals surface area contributed by atoms with Gasteiger partial charge in [-0.1, -0.05) is 25.1 Å². The molecule has 0 saturated heterocycles. The number of para-hydroxylation sites is 2. The van der Waals surface area contributed by atoms with E-state index in [2.05, 4.69) is 11.8 Å². The Bertz CT molecular complexity index is 835. The molecule has 3 rings (SSSR count). The van der Waals surface area contributed by atoms with Crippen LogP contribution in [0.15, 0.2) is 53.4 Å². The molecule has 1 heterocycles. The lowest BCUT2D eigenvalue weighted by Gasteiger charge is -2.35. The Hall–Kier alpha value is -2.21. The van der Waals surface area contributed by atoms with Gasteiger partial charge >= 0.3 is 0 Å². The molecule has 0 amide bonds. The van der Waals surface area contributed by atoms with Gasteiger partial charge in [0.15, 0.2) is 9.84 Å². The summed E-state index contributed by atoms with van der Waals surface area (Å²) in [4.78, 5) is 2.53. The van der Waals surface area contributed by atoms with Gasteiger partial charge in [0.1, 0.15) is 24.2 Å². The van der Waals surface area contributed by atoms with Crippen molar-refractivity contribution in [1.29, 1.82) is 0 Å². The third-order valence-corrected chi connectivity index (χ3v) is 5.35. The smallest absolute Gasteiger partial charge is 0.175 e. The molecule has 1 aliphatic rings. The minimum Gasteiger partial charge on any atom is -0.492 e. The van der Waals surface area contributed by atoms with Crippen molar-refractivity contribution in [2.75, 3.05) is 30.9 Å². The van der Waals surface area contributed by atoms with E-state index in [1.54, 1.807) is 24.3 Å². The highest BCUT2D eigenvalue weighted by Crippen LogP contribution is 2.33. The first-order chi connectivity index (χ1) is 12.0. The number of rotatable bonds is 6. The Balaban J connectivity index is 1.66. The second kappa shape index (κ2) is 7.35. The number of hydrogen-bond acceptors (Lipinski definition) is 5. The fourth-order valence-corrected chi connectivity index (χ4v) is 3.53. The molecule has 0 bridgehead atoms. The predicted molar refractivity (Wildman–Crippen MR) is 98.4 cm³/mol. The summed E-state index contributed by atoms with van der Waals surface area (Å²) in [6, 6.07) is 14.6. The van der Waals surface area contributed by atoms with Crippen LogP contribution in [0.5, 0.6) is 11.5 Å². The Morgan fingerprint density at radius 1 is 1.20 bits per heavy atom. The molecule has 2 aromatic rings. The number of sulfone groups is 1. The van der Waals surface area contributed by atoms with Crippen LogP contribution in [0.3, 0.4) is 0 Å². The molecule has 0 aromatic heterocycles. The second-order valence-corrected chi connectivity index (χ2v) is 8.17. The molecular weight excluding hydrogens is 338 g/mol. The van der Waals surface area contributed by atoms with Gasteiger partial charge < -0.3 is 14.4 Å². The summed E-state index contributed by atoms with van der Waals surface area (Å²) < 4.78 is 35.0. The summed E-state index contributed by atoms with van der Waals surface area (Å²) in [5.41, 5.74) is 1.07. The van der Waals surface area contributed by atoms with Gasteiger partial charge in [0.25, 0.3) is 0 Å². The largest absolute Gasteiger partial charge is 0.492 e. The second-order valence-electron chi connectivity index (χ2n) is 6.16. The molecule has 25 heavy (non-hydrogen) atoms. The summed E-state index contributed by atoms with van der Waals surface area (Å²) in [6.45, 7) is 4.11. The Morgan fingerprint density at radius 3 is 2.76 bits per heavy atom. The van der Waals surface area contributed by atoms with E-state index in [0.717, 1.165) is 24.4 Å². The van der Waals surface area contributed by atoms with E-state index in [0.29, 0.717) is 18.9 Å². The molecule has 134 valence electrons. The van der Waals surface area contributed by atoms with Crippen molar-refractivity contribution < 1.29 is 17.9 Å². The maximum Gasteiger partial charge on any atom is 0.175 e. The molecule has 0 spiro atoms. The van der Waals surface area contributed by atoms with Crippen LogP contribution in [-0.2, 0) is 9.84 Å². The zero-order chi connectivity index (χ0) is 17.9. The Morgan fingerprint density at radius 2 is 2.00 bits per heavy atom. The highest BCUT2D eigenvalue weighted by atomic mass is 32.2. The van der Waals surface area contributed by atoms with Crippen LogP contribution in [0, 0.1) is 0 Å². The molecular formula is C19H23NO4S. The molecule has 5 nitrogen and oxygen atoms in total. The fraction of sp³-hybridized carbons (Fsp3) is 0.368. The van der Waals surface area contributed by atoms with Gasteiger partial charge in [-0.15, -0.1) is 0 Å². The van der Waals surface area contributed by atoms with Gasteiger partial charge in [-0.3, -0.25) is 0 Å². The summed E-state index contributed by atoms with van der Waals surface area (Å²) in [5, 5.41) is 0. The van der Waals surface area contributed by atoms with Crippen LogP contribution in [0.1, 0.15) is 13.3 Å². The van der Waals surface area contributed by atoms with Crippen molar-refractivity contribution in [2.24, 2.45) is 0 Å². The molecule has 1 atom stereocenters. The average Bonchev–Trinajstić information content (AvgIpc) is 2.61. The lowest BCUT2D eigenvalue weighted by molar-refractivity contribution is 0.186. The molecule has 0 radical (unpaired) electrons. The third-order valence-electron chi connectivity index (χ3n) is 4.24. The zero-order valence-corrected chi connectivity index (χ0v) is 15.3. The van der Waals surface area contributed by atoms with E-state index in [4.69, 9.17) is 9.47 Å². The van der Waals surface area contributed by atoms with Gasteiger partial charge in [0, 0.05) is 6.26 Å². The molecule has 0 saturated carbocycles. The van der Waals surface area contributed by atoms with E-state index in [1.807, 2.05) is 24.3 Å². The van der Waals surface area contributed by atoms with E-state index in [1.165, 1.54) is 6.26 Å². The monoisotopic (exact) mass is 361 g/mol. The molecule has 0 fully saturated rings. The lowest BCUT2D eigenvalue weighted by atomic mass is 10.1. The molecule has 2 aromatic carbocycles. The van der Waals surface area contributed by atoms with E-state index in [9.17, 15) is 8.42 Å². The van der Waals surface area contributed by atoms with Crippen LogP contribution in [0.2, 0.25) is 0 Å². The molecule has 6 heteroatoms. The van der Waals surface area contributed by atoms with Crippen LogP contribution in [-0.4, -0.2) is 40.5 Å². The van der Waals surface area contributed by atoms with Crippen molar-refractivity contribution in [3.8, 4) is 11.5 Å². The number of nitrogens with zero attached hydrogens (tertiary/aromatic N) is 1. The Kier molecular flexibility index (Phi) is 5.18. The summed E-state index contributed by atoms with van der Waals surface area (Å²) in [7, 11) is -3.23. The van der Waals surface area contributed by atoms with Crippen LogP contribution in [0.4, 0.5) is 5.69 Å². The quantitative estimate of drug-likeness (QED) is 0.791. The van der Waals surface area contributed by atoms with Gasteiger partial charge in [-0.2, -0.15) is 0 Å². The predicted octanol–water partition coefficient (Wildman–Crippen LogP) is 3.15. The molecule has 1 unspecified atom stereocenters. The SMILES string of the molecule is CCC1CN(CCOc2cccc(S(C)(=O)=O)c2)c2ccccc2O1. The van der Waals surface area contributed by atoms with Gasteiger partial charge in [0.2, 0.25) is 0 Å². The first kappa shape index (κ1) is 17.6. The van der Waals surface area contributed by atoms with Crippen molar-refractivity contribution >= 4 is 15.5 Å².